The number of carbonyl (C=O) groups excluding carboxylic acids is 2. The molecule has 2 aromatic heterocycles. The molecule has 2 atom stereocenters. The second-order valence-corrected chi connectivity index (χ2v) is 6.07. The molecule has 2 unspecified atom stereocenters. The summed E-state index contributed by atoms with van der Waals surface area (Å²) < 4.78 is 11.6. The van der Waals surface area contributed by atoms with Crippen molar-refractivity contribution in [2.45, 2.75) is 31.8 Å². The van der Waals surface area contributed by atoms with Crippen LogP contribution in [-0.2, 0) is 16.0 Å². The molecule has 9 nitrogen and oxygen atoms in total. The first-order valence-electron chi connectivity index (χ1n) is 8.07. The van der Waals surface area contributed by atoms with E-state index in [0.717, 1.165) is 12.2 Å². The first-order chi connectivity index (χ1) is 12.0. The van der Waals surface area contributed by atoms with E-state index in [1.807, 2.05) is 18.9 Å². The summed E-state index contributed by atoms with van der Waals surface area (Å²) >= 11 is 0. The van der Waals surface area contributed by atoms with Crippen LogP contribution >= 0.6 is 0 Å². The number of methoxy groups -OCH3 is 1. The molecule has 0 saturated heterocycles. The average Bonchev–Trinajstić information content (AvgIpc) is 3.24. The Labute approximate surface area is 144 Å². The van der Waals surface area contributed by atoms with Crippen LogP contribution in [0.2, 0.25) is 0 Å². The summed E-state index contributed by atoms with van der Waals surface area (Å²) in [5.41, 5.74) is 0. The predicted octanol–water partition coefficient (Wildman–Crippen LogP) is 1.10. The monoisotopic (exact) mass is 347 g/mol. The average molecular weight is 347 g/mol. The molecular weight excluding hydrogens is 326 g/mol. The van der Waals surface area contributed by atoms with Gasteiger partial charge in [0.15, 0.2) is 5.76 Å². The number of rotatable bonds is 5. The van der Waals surface area contributed by atoms with E-state index in [4.69, 9.17) is 9.15 Å². The van der Waals surface area contributed by atoms with Crippen LogP contribution in [0.25, 0.3) is 0 Å². The number of hydrogen-bond donors (Lipinski definition) is 1. The van der Waals surface area contributed by atoms with Crippen molar-refractivity contribution in [2.75, 3.05) is 26.0 Å². The fraction of sp³-hybridized carbons (Fsp3) is 0.500. The van der Waals surface area contributed by atoms with Crippen LogP contribution in [0.15, 0.2) is 22.8 Å². The number of ether oxygens (including phenoxy) is 1. The molecule has 134 valence electrons. The van der Waals surface area contributed by atoms with Gasteiger partial charge in [0.25, 0.3) is 5.91 Å². The highest BCUT2D eigenvalue weighted by molar-refractivity contribution is 6.01. The van der Waals surface area contributed by atoms with Crippen LogP contribution in [0, 0.1) is 0 Å². The maximum Gasteiger partial charge on any atom is 0.319 e. The van der Waals surface area contributed by atoms with Crippen LogP contribution in [0.3, 0.4) is 0 Å². The predicted molar refractivity (Wildman–Crippen MR) is 88.1 cm³/mol. The van der Waals surface area contributed by atoms with Gasteiger partial charge in [-0.3, -0.25) is 19.8 Å². The minimum atomic E-state index is -0.389. The van der Waals surface area contributed by atoms with E-state index in [-0.39, 0.29) is 42.2 Å². The highest BCUT2D eigenvalue weighted by Gasteiger charge is 2.32. The molecule has 0 spiro atoms. The lowest BCUT2D eigenvalue weighted by Crippen LogP contribution is -2.44. The SMILES string of the molecule is COC(=O)CN(C)C1CCc2nc(NC(=O)c3ccco3)nn2C1C. The second kappa shape index (κ2) is 7.06. The molecule has 9 heteroatoms. The Bertz CT molecular complexity index is 755. The molecule has 0 fully saturated rings. The maximum absolute atomic E-state index is 12.0. The van der Waals surface area contributed by atoms with Crippen molar-refractivity contribution in [1.82, 2.24) is 19.7 Å². The van der Waals surface area contributed by atoms with Crippen LogP contribution < -0.4 is 5.32 Å². The summed E-state index contributed by atoms with van der Waals surface area (Å²) in [5, 5.41) is 7.05. The van der Waals surface area contributed by atoms with Gasteiger partial charge in [-0.25, -0.2) is 4.68 Å². The van der Waals surface area contributed by atoms with Gasteiger partial charge in [0.1, 0.15) is 5.82 Å². The Hall–Kier alpha value is -2.68. The van der Waals surface area contributed by atoms with Crippen molar-refractivity contribution in [3.8, 4) is 0 Å². The summed E-state index contributed by atoms with van der Waals surface area (Å²) in [4.78, 5) is 29.9. The summed E-state index contributed by atoms with van der Waals surface area (Å²) in [6, 6.07) is 3.36. The third-order valence-corrected chi connectivity index (χ3v) is 4.45. The standard InChI is InChI=1S/C16H21N5O4/c1-10-11(20(2)9-14(22)24-3)6-7-13-17-16(19-21(10)13)18-15(23)12-5-4-8-25-12/h4-5,8,10-11H,6-7,9H2,1-3H3,(H,18,19,23). The normalized spacial score (nSPS) is 19.5. The van der Waals surface area contributed by atoms with Crippen molar-refractivity contribution in [3.63, 3.8) is 0 Å². The van der Waals surface area contributed by atoms with Gasteiger partial charge >= 0.3 is 5.97 Å². The van der Waals surface area contributed by atoms with Crippen LogP contribution in [-0.4, -0.2) is 58.3 Å². The van der Waals surface area contributed by atoms with Gasteiger partial charge in [-0.2, -0.15) is 4.98 Å². The molecule has 3 heterocycles. The van der Waals surface area contributed by atoms with Crippen LogP contribution in [0.1, 0.15) is 35.8 Å². The highest BCUT2D eigenvalue weighted by atomic mass is 16.5. The molecule has 25 heavy (non-hydrogen) atoms. The topological polar surface area (TPSA) is 102 Å². The number of hydrogen-bond acceptors (Lipinski definition) is 7. The van der Waals surface area contributed by atoms with Crippen molar-refractivity contribution in [1.29, 1.82) is 0 Å². The Morgan fingerprint density at radius 1 is 1.52 bits per heavy atom. The number of likely N-dealkylation sites (N-methyl/N-ethyl adjacent to an activating group) is 1. The number of anilines is 1. The molecular formula is C16H21N5O4. The number of carbonyl (C=O) groups is 2. The Morgan fingerprint density at radius 3 is 3.00 bits per heavy atom. The fourth-order valence-corrected chi connectivity index (χ4v) is 3.13. The minimum absolute atomic E-state index is 0.0140. The molecule has 0 aliphatic carbocycles. The fourth-order valence-electron chi connectivity index (χ4n) is 3.13. The third-order valence-electron chi connectivity index (χ3n) is 4.45. The van der Waals surface area contributed by atoms with E-state index >= 15 is 0 Å². The van der Waals surface area contributed by atoms with E-state index in [1.54, 1.807) is 16.8 Å². The zero-order chi connectivity index (χ0) is 18.0. The molecule has 1 amide bonds. The van der Waals surface area contributed by atoms with Gasteiger partial charge in [-0.1, -0.05) is 0 Å². The third kappa shape index (κ3) is 3.55. The number of fused-ring (bicyclic) bond motifs is 1. The first kappa shape index (κ1) is 17.2. The zero-order valence-corrected chi connectivity index (χ0v) is 14.4. The quantitative estimate of drug-likeness (QED) is 0.808. The van der Waals surface area contributed by atoms with E-state index in [1.165, 1.54) is 13.4 Å². The van der Waals surface area contributed by atoms with Gasteiger partial charge in [-0.15, -0.1) is 5.10 Å². The van der Waals surface area contributed by atoms with Gasteiger partial charge in [0, 0.05) is 12.5 Å². The number of nitrogens with one attached hydrogen (secondary N) is 1. The van der Waals surface area contributed by atoms with Crippen molar-refractivity contribution in [2.24, 2.45) is 0 Å². The molecule has 0 bridgehead atoms. The molecule has 1 N–H and O–H groups in total. The van der Waals surface area contributed by atoms with E-state index in [2.05, 4.69) is 15.4 Å². The summed E-state index contributed by atoms with van der Waals surface area (Å²) in [6.45, 7) is 2.24. The lowest BCUT2D eigenvalue weighted by molar-refractivity contribution is -0.142. The number of furan rings is 1. The molecule has 0 radical (unpaired) electrons. The molecule has 2 aromatic rings. The highest BCUT2D eigenvalue weighted by Crippen LogP contribution is 2.27. The molecule has 0 saturated carbocycles. The summed E-state index contributed by atoms with van der Waals surface area (Å²) in [6.07, 6.45) is 2.99. The van der Waals surface area contributed by atoms with E-state index in [0.29, 0.717) is 6.42 Å². The van der Waals surface area contributed by atoms with Crippen LogP contribution in [0.5, 0.6) is 0 Å². The number of aryl methyl sites for hydroxylation is 1. The molecule has 3 rings (SSSR count). The summed E-state index contributed by atoms with van der Waals surface area (Å²) in [5.74, 6) is 0.603. The number of amides is 1. The van der Waals surface area contributed by atoms with Crippen LogP contribution in [0.4, 0.5) is 5.95 Å². The second-order valence-electron chi connectivity index (χ2n) is 6.07. The number of esters is 1. The summed E-state index contributed by atoms with van der Waals surface area (Å²) in [7, 11) is 3.27. The Morgan fingerprint density at radius 2 is 2.32 bits per heavy atom. The van der Waals surface area contributed by atoms with E-state index < -0.39 is 0 Å². The van der Waals surface area contributed by atoms with Gasteiger partial charge < -0.3 is 9.15 Å². The first-order valence-corrected chi connectivity index (χ1v) is 8.07. The molecule has 0 aromatic carbocycles. The number of aromatic nitrogens is 3. The lowest BCUT2D eigenvalue weighted by Gasteiger charge is -2.35. The molecule has 1 aliphatic heterocycles. The van der Waals surface area contributed by atoms with E-state index in [9.17, 15) is 9.59 Å². The Balaban J connectivity index is 1.71. The van der Waals surface area contributed by atoms with Gasteiger partial charge in [0.05, 0.1) is 26.0 Å². The lowest BCUT2D eigenvalue weighted by atomic mass is 9.99. The number of nitrogens with zero attached hydrogens (tertiary/aromatic N) is 4. The van der Waals surface area contributed by atoms with Crippen molar-refractivity contribution in [3.05, 3.63) is 30.0 Å². The Kier molecular flexibility index (Phi) is 4.84. The largest absolute Gasteiger partial charge is 0.468 e. The van der Waals surface area contributed by atoms with Gasteiger partial charge in [0.2, 0.25) is 5.95 Å². The molecule has 1 aliphatic rings. The zero-order valence-electron chi connectivity index (χ0n) is 14.4. The van der Waals surface area contributed by atoms with Crippen molar-refractivity contribution >= 4 is 17.8 Å². The maximum atomic E-state index is 12.0. The van der Waals surface area contributed by atoms with Crippen molar-refractivity contribution < 1.29 is 18.7 Å². The van der Waals surface area contributed by atoms with Gasteiger partial charge in [-0.05, 0) is 32.5 Å². The minimum Gasteiger partial charge on any atom is -0.468 e. The smallest absolute Gasteiger partial charge is 0.319 e.